The topological polar surface area (TPSA) is 112 Å². The van der Waals surface area contributed by atoms with Gasteiger partial charge in [0.1, 0.15) is 6.33 Å². The van der Waals surface area contributed by atoms with Crippen molar-refractivity contribution in [1.29, 1.82) is 0 Å². The van der Waals surface area contributed by atoms with Gasteiger partial charge in [0.05, 0.1) is 25.4 Å². The highest BCUT2D eigenvalue weighted by Gasteiger charge is 2.28. The minimum Gasteiger partial charge on any atom is -0.394 e. The molecule has 90 valence electrons. The van der Waals surface area contributed by atoms with Gasteiger partial charge in [-0.05, 0) is 0 Å². The number of aromatic nitrogens is 5. The molecule has 1 aliphatic heterocycles. The zero-order valence-electron chi connectivity index (χ0n) is 9.02. The van der Waals surface area contributed by atoms with Gasteiger partial charge in [-0.25, -0.2) is 14.6 Å². The second-order valence-corrected chi connectivity index (χ2v) is 3.99. The van der Waals surface area contributed by atoms with Crippen LogP contribution in [0.4, 0.5) is 5.82 Å². The van der Waals surface area contributed by atoms with Gasteiger partial charge in [0, 0.05) is 6.42 Å². The van der Waals surface area contributed by atoms with Crippen LogP contribution in [0.25, 0.3) is 11.2 Å². The lowest BCUT2D eigenvalue weighted by Gasteiger charge is -2.07. The highest BCUT2D eigenvalue weighted by Crippen LogP contribution is 2.26. The molecule has 0 bridgehead atoms. The highest BCUT2D eigenvalue weighted by atomic mass is 16.5. The lowest BCUT2D eigenvalue weighted by atomic mass is 10.2. The van der Waals surface area contributed by atoms with Crippen LogP contribution in [-0.2, 0) is 4.74 Å². The molecule has 3 N–H and O–H groups in total. The molecule has 1 fully saturated rings. The van der Waals surface area contributed by atoms with E-state index >= 15 is 0 Å². The number of nitrogen functional groups attached to an aromatic ring is 1. The van der Waals surface area contributed by atoms with Gasteiger partial charge in [0.15, 0.2) is 17.0 Å². The van der Waals surface area contributed by atoms with Crippen molar-refractivity contribution in [2.75, 3.05) is 18.9 Å². The Morgan fingerprint density at radius 1 is 1.53 bits per heavy atom. The molecule has 0 saturated carbocycles. The van der Waals surface area contributed by atoms with E-state index in [1.807, 2.05) is 0 Å². The van der Waals surface area contributed by atoms with Crippen LogP contribution in [0, 0.1) is 0 Å². The summed E-state index contributed by atoms with van der Waals surface area (Å²) in [5.74, 6) is 0.318. The number of aliphatic hydroxyl groups excluding tert-OH is 1. The third-order valence-electron chi connectivity index (χ3n) is 2.90. The second kappa shape index (κ2) is 3.90. The fourth-order valence-corrected chi connectivity index (χ4v) is 2.01. The van der Waals surface area contributed by atoms with Crippen LogP contribution >= 0.6 is 0 Å². The van der Waals surface area contributed by atoms with E-state index in [2.05, 4.69) is 20.3 Å². The predicted molar refractivity (Wildman–Crippen MR) is 58.0 cm³/mol. The number of nitrogens with zero attached hydrogens (tertiary/aromatic N) is 5. The zero-order valence-corrected chi connectivity index (χ0v) is 9.02. The fourth-order valence-electron chi connectivity index (χ4n) is 2.01. The summed E-state index contributed by atoms with van der Waals surface area (Å²) in [6.07, 6.45) is 1.94. The summed E-state index contributed by atoms with van der Waals surface area (Å²) in [5.41, 5.74) is 6.79. The van der Waals surface area contributed by atoms with Gasteiger partial charge in [-0.1, -0.05) is 5.21 Å². The van der Waals surface area contributed by atoms with Gasteiger partial charge in [-0.2, -0.15) is 0 Å². The van der Waals surface area contributed by atoms with Gasteiger partial charge in [-0.15, -0.1) is 5.10 Å². The second-order valence-electron chi connectivity index (χ2n) is 3.99. The van der Waals surface area contributed by atoms with Crippen molar-refractivity contribution >= 4 is 17.0 Å². The quantitative estimate of drug-likeness (QED) is 0.696. The number of aliphatic hydroxyl groups is 1. The van der Waals surface area contributed by atoms with Crippen LogP contribution in [0.1, 0.15) is 12.5 Å². The van der Waals surface area contributed by atoms with E-state index in [4.69, 9.17) is 15.6 Å². The van der Waals surface area contributed by atoms with Crippen molar-refractivity contribution in [2.45, 2.75) is 18.6 Å². The van der Waals surface area contributed by atoms with Crippen LogP contribution in [0.15, 0.2) is 6.33 Å². The first-order valence-corrected chi connectivity index (χ1v) is 5.33. The van der Waals surface area contributed by atoms with Crippen molar-refractivity contribution in [3.05, 3.63) is 6.33 Å². The maximum Gasteiger partial charge on any atom is 0.184 e. The van der Waals surface area contributed by atoms with Gasteiger partial charge in [0.2, 0.25) is 0 Å². The number of nitrogens with two attached hydrogens (primary N) is 1. The van der Waals surface area contributed by atoms with Crippen LogP contribution in [-0.4, -0.2) is 49.4 Å². The van der Waals surface area contributed by atoms with Crippen molar-refractivity contribution in [3.8, 4) is 0 Å². The molecule has 8 nitrogen and oxygen atoms in total. The molecule has 2 atom stereocenters. The SMILES string of the molecule is Nc1ncnc2c1nnn2[C@H]1CO[C@@H](CO)C1. The molecule has 8 heteroatoms. The maximum atomic E-state index is 9.02. The predicted octanol–water partition coefficient (Wildman–Crippen LogP) is -0.874. The number of hydrogen-bond acceptors (Lipinski definition) is 7. The Morgan fingerprint density at radius 2 is 2.41 bits per heavy atom. The van der Waals surface area contributed by atoms with Gasteiger partial charge in [-0.3, -0.25) is 0 Å². The average molecular weight is 236 g/mol. The van der Waals surface area contributed by atoms with Crippen molar-refractivity contribution in [2.24, 2.45) is 0 Å². The van der Waals surface area contributed by atoms with E-state index < -0.39 is 0 Å². The minimum atomic E-state index is -0.140. The molecule has 17 heavy (non-hydrogen) atoms. The molecule has 1 aliphatic rings. The third kappa shape index (κ3) is 1.61. The Morgan fingerprint density at radius 3 is 3.18 bits per heavy atom. The summed E-state index contributed by atoms with van der Waals surface area (Å²) in [6, 6.07) is 0.0337. The Labute approximate surface area is 96.4 Å². The van der Waals surface area contributed by atoms with Gasteiger partial charge in [0.25, 0.3) is 0 Å². The molecule has 3 heterocycles. The van der Waals surface area contributed by atoms with E-state index in [9.17, 15) is 0 Å². The van der Waals surface area contributed by atoms with Crippen molar-refractivity contribution < 1.29 is 9.84 Å². The molecular formula is C9H12N6O2. The molecule has 1 saturated heterocycles. The molecule has 0 amide bonds. The highest BCUT2D eigenvalue weighted by molar-refractivity contribution is 5.80. The van der Waals surface area contributed by atoms with E-state index in [0.717, 1.165) is 0 Å². The lowest BCUT2D eigenvalue weighted by Crippen LogP contribution is -2.13. The summed E-state index contributed by atoms with van der Waals surface area (Å²) < 4.78 is 7.09. The molecule has 0 aromatic carbocycles. The number of fused-ring (bicyclic) bond motifs is 1. The first kappa shape index (κ1) is 10.4. The summed E-state index contributed by atoms with van der Waals surface area (Å²) in [7, 11) is 0. The summed E-state index contributed by atoms with van der Waals surface area (Å²) in [6.45, 7) is 0.508. The number of anilines is 1. The fraction of sp³-hybridized carbons (Fsp3) is 0.556. The third-order valence-corrected chi connectivity index (χ3v) is 2.90. The maximum absolute atomic E-state index is 9.02. The molecule has 0 radical (unpaired) electrons. The molecule has 0 unspecified atom stereocenters. The van der Waals surface area contributed by atoms with Crippen molar-refractivity contribution in [1.82, 2.24) is 25.0 Å². The Hall–Kier alpha value is -1.80. The summed E-state index contributed by atoms with van der Waals surface area (Å²) in [5, 5.41) is 17.0. The zero-order chi connectivity index (χ0) is 11.8. The minimum absolute atomic E-state index is 0.0141. The normalized spacial score (nSPS) is 24.5. The number of ether oxygens (including phenoxy) is 1. The molecule has 0 aliphatic carbocycles. The van der Waals surface area contributed by atoms with Gasteiger partial charge < -0.3 is 15.6 Å². The molecular weight excluding hydrogens is 224 g/mol. The number of hydrogen-bond donors (Lipinski definition) is 2. The van der Waals surface area contributed by atoms with Crippen LogP contribution in [0.5, 0.6) is 0 Å². The average Bonchev–Trinajstić information content (AvgIpc) is 2.94. The number of rotatable bonds is 2. The summed E-state index contributed by atoms with van der Waals surface area (Å²) >= 11 is 0. The van der Waals surface area contributed by atoms with Crippen LogP contribution < -0.4 is 5.73 Å². The van der Waals surface area contributed by atoms with E-state index in [1.165, 1.54) is 6.33 Å². The standard InChI is InChI=1S/C9H12N6O2/c10-8-7-9(12-4-11-8)15(14-13-7)5-1-6(2-16)17-3-5/h4-6,16H,1-3H2,(H2,10,11,12)/t5-,6-/m1/s1. The molecule has 2 aromatic heterocycles. The van der Waals surface area contributed by atoms with E-state index in [-0.39, 0.29) is 18.8 Å². The Balaban J connectivity index is 1.99. The van der Waals surface area contributed by atoms with E-state index in [0.29, 0.717) is 30.0 Å². The molecule has 3 rings (SSSR count). The molecule has 2 aromatic rings. The largest absolute Gasteiger partial charge is 0.394 e. The van der Waals surface area contributed by atoms with Gasteiger partial charge >= 0.3 is 0 Å². The van der Waals surface area contributed by atoms with Crippen LogP contribution in [0.2, 0.25) is 0 Å². The Kier molecular flexibility index (Phi) is 2.37. The summed E-state index contributed by atoms with van der Waals surface area (Å²) in [4.78, 5) is 7.98. The lowest BCUT2D eigenvalue weighted by molar-refractivity contribution is 0.0573. The first-order chi connectivity index (χ1) is 8.29. The van der Waals surface area contributed by atoms with Crippen LogP contribution in [0.3, 0.4) is 0 Å². The monoisotopic (exact) mass is 236 g/mol. The van der Waals surface area contributed by atoms with Crippen molar-refractivity contribution in [3.63, 3.8) is 0 Å². The Bertz CT molecular complexity index is 541. The smallest absolute Gasteiger partial charge is 0.184 e. The first-order valence-electron chi connectivity index (χ1n) is 5.33. The van der Waals surface area contributed by atoms with E-state index in [1.54, 1.807) is 4.68 Å². The molecule has 0 spiro atoms.